The maximum atomic E-state index is 11.7. The number of fused-ring (bicyclic) bond motifs is 1. The third-order valence-corrected chi connectivity index (χ3v) is 3.21. The van der Waals surface area contributed by atoms with Gasteiger partial charge in [0.15, 0.2) is 0 Å². The van der Waals surface area contributed by atoms with Crippen molar-refractivity contribution in [2.45, 2.75) is 0 Å². The first-order valence-electron chi connectivity index (χ1n) is 6.39. The van der Waals surface area contributed by atoms with Crippen LogP contribution < -0.4 is 5.73 Å². The van der Waals surface area contributed by atoms with E-state index in [9.17, 15) is 4.79 Å². The number of hydrogen-bond donors (Lipinski definition) is 1. The lowest BCUT2D eigenvalue weighted by Gasteiger charge is -2.02. The SMILES string of the molecule is NC(=O)n1c(/C=C/c2ccccc2)cc2ccccc21. The van der Waals surface area contributed by atoms with Crippen molar-refractivity contribution in [1.29, 1.82) is 0 Å². The highest BCUT2D eigenvalue weighted by Crippen LogP contribution is 2.21. The zero-order valence-corrected chi connectivity index (χ0v) is 10.9. The molecular weight excluding hydrogens is 248 g/mol. The zero-order chi connectivity index (χ0) is 13.9. The van der Waals surface area contributed by atoms with Gasteiger partial charge in [0.25, 0.3) is 0 Å². The van der Waals surface area contributed by atoms with Crippen molar-refractivity contribution < 1.29 is 4.79 Å². The summed E-state index contributed by atoms with van der Waals surface area (Å²) in [5.74, 6) is 0. The molecule has 2 aromatic carbocycles. The third kappa shape index (κ3) is 2.21. The third-order valence-electron chi connectivity index (χ3n) is 3.21. The number of nitrogens with zero attached hydrogens (tertiary/aromatic N) is 1. The van der Waals surface area contributed by atoms with Crippen LogP contribution in [0.5, 0.6) is 0 Å². The Bertz CT molecular complexity index is 785. The molecule has 98 valence electrons. The van der Waals surface area contributed by atoms with Gasteiger partial charge in [-0.15, -0.1) is 0 Å². The molecule has 3 aromatic rings. The van der Waals surface area contributed by atoms with E-state index < -0.39 is 6.03 Å². The fraction of sp³-hybridized carbons (Fsp3) is 0. The molecule has 0 spiro atoms. The van der Waals surface area contributed by atoms with Gasteiger partial charge in [-0.05, 0) is 23.8 Å². The average molecular weight is 262 g/mol. The summed E-state index contributed by atoms with van der Waals surface area (Å²) in [5.41, 5.74) is 8.17. The van der Waals surface area contributed by atoms with Gasteiger partial charge < -0.3 is 5.73 Å². The van der Waals surface area contributed by atoms with Crippen LogP contribution in [0.15, 0.2) is 60.7 Å². The van der Waals surface area contributed by atoms with Crippen LogP contribution in [-0.4, -0.2) is 10.6 Å². The Morgan fingerprint density at radius 3 is 2.40 bits per heavy atom. The summed E-state index contributed by atoms with van der Waals surface area (Å²) in [7, 11) is 0. The Morgan fingerprint density at radius 2 is 1.65 bits per heavy atom. The molecule has 3 heteroatoms. The topological polar surface area (TPSA) is 48.0 Å². The van der Waals surface area contributed by atoms with Crippen molar-refractivity contribution in [3.05, 3.63) is 71.9 Å². The molecule has 0 atom stereocenters. The number of para-hydroxylation sites is 1. The van der Waals surface area contributed by atoms with Gasteiger partial charge in [-0.3, -0.25) is 4.57 Å². The molecule has 0 aliphatic rings. The van der Waals surface area contributed by atoms with Crippen molar-refractivity contribution in [1.82, 2.24) is 4.57 Å². The largest absolute Gasteiger partial charge is 0.351 e. The van der Waals surface area contributed by atoms with E-state index in [1.54, 1.807) is 0 Å². The van der Waals surface area contributed by atoms with Crippen LogP contribution in [0, 0.1) is 0 Å². The average Bonchev–Trinajstić information content (AvgIpc) is 2.84. The predicted molar refractivity (Wildman–Crippen MR) is 82.3 cm³/mol. The van der Waals surface area contributed by atoms with Gasteiger partial charge in [0, 0.05) is 5.39 Å². The second-order valence-corrected chi connectivity index (χ2v) is 4.55. The van der Waals surface area contributed by atoms with Crippen LogP contribution >= 0.6 is 0 Å². The summed E-state index contributed by atoms with van der Waals surface area (Å²) in [4.78, 5) is 11.7. The Labute approximate surface area is 116 Å². The summed E-state index contributed by atoms with van der Waals surface area (Å²) >= 11 is 0. The summed E-state index contributed by atoms with van der Waals surface area (Å²) < 4.78 is 1.52. The molecule has 3 rings (SSSR count). The second-order valence-electron chi connectivity index (χ2n) is 4.55. The van der Waals surface area contributed by atoms with Crippen LogP contribution in [0.25, 0.3) is 23.1 Å². The van der Waals surface area contributed by atoms with Crippen molar-refractivity contribution >= 4 is 29.1 Å². The second kappa shape index (κ2) is 5.05. The molecule has 20 heavy (non-hydrogen) atoms. The molecule has 0 bridgehead atoms. The van der Waals surface area contributed by atoms with Crippen LogP contribution in [0.2, 0.25) is 0 Å². The molecular formula is C17H14N2O. The molecule has 0 saturated heterocycles. The number of carbonyl (C=O) groups excluding carboxylic acids is 1. The fourth-order valence-corrected chi connectivity index (χ4v) is 2.29. The van der Waals surface area contributed by atoms with Crippen molar-refractivity contribution in [3.8, 4) is 0 Å². The number of aromatic nitrogens is 1. The first-order valence-corrected chi connectivity index (χ1v) is 6.39. The van der Waals surface area contributed by atoms with E-state index in [1.165, 1.54) is 4.57 Å². The van der Waals surface area contributed by atoms with Gasteiger partial charge in [0.1, 0.15) is 0 Å². The lowest BCUT2D eigenvalue weighted by molar-refractivity contribution is 0.251. The minimum absolute atomic E-state index is 0.473. The van der Waals surface area contributed by atoms with Crippen LogP contribution in [0.1, 0.15) is 11.3 Å². The molecule has 2 N–H and O–H groups in total. The number of benzene rings is 2. The standard InChI is InChI=1S/C17H14N2O/c18-17(20)19-15(11-10-13-6-2-1-3-7-13)12-14-8-4-5-9-16(14)19/h1-12H,(H2,18,20)/b11-10+. The Hall–Kier alpha value is -2.81. The van der Waals surface area contributed by atoms with Crippen LogP contribution in [0.4, 0.5) is 4.79 Å². The summed E-state index contributed by atoms with van der Waals surface area (Å²) in [6.07, 6.45) is 3.87. The highest BCUT2D eigenvalue weighted by molar-refractivity contribution is 5.95. The number of hydrogen-bond acceptors (Lipinski definition) is 1. The maximum absolute atomic E-state index is 11.7. The van der Waals surface area contributed by atoms with Crippen LogP contribution in [-0.2, 0) is 0 Å². The molecule has 1 amide bonds. The van der Waals surface area contributed by atoms with Crippen molar-refractivity contribution in [2.75, 3.05) is 0 Å². The highest BCUT2D eigenvalue weighted by Gasteiger charge is 2.09. The maximum Gasteiger partial charge on any atom is 0.323 e. The van der Waals surface area contributed by atoms with E-state index in [0.717, 1.165) is 22.2 Å². The highest BCUT2D eigenvalue weighted by atomic mass is 16.2. The normalized spacial score (nSPS) is 11.2. The molecule has 0 fully saturated rings. The quantitative estimate of drug-likeness (QED) is 0.751. The first kappa shape index (κ1) is 12.2. The minimum atomic E-state index is -0.473. The van der Waals surface area contributed by atoms with Crippen LogP contribution in [0.3, 0.4) is 0 Å². The van der Waals surface area contributed by atoms with E-state index in [-0.39, 0.29) is 0 Å². The predicted octanol–water partition coefficient (Wildman–Crippen LogP) is 3.74. The van der Waals surface area contributed by atoms with Gasteiger partial charge in [0.05, 0.1) is 11.2 Å². The van der Waals surface area contributed by atoms with E-state index in [1.807, 2.05) is 72.8 Å². The molecule has 1 aromatic heterocycles. The van der Waals surface area contributed by atoms with Gasteiger partial charge in [-0.1, -0.05) is 54.6 Å². The van der Waals surface area contributed by atoms with Gasteiger partial charge in [-0.2, -0.15) is 0 Å². The number of rotatable bonds is 2. The smallest absolute Gasteiger partial charge is 0.323 e. The Balaban J connectivity index is 2.09. The molecule has 3 nitrogen and oxygen atoms in total. The number of nitrogens with two attached hydrogens (primary N) is 1. The Morgan fingerprint density at radius 1 is 0.950 bits per heavy atom. The molecule has 1 heterocycles. The Kier molecular flexibility index (Phi) is 3.09. The fourth-order valence-electron chi connectivity index (χ4n) is 2.29. The molecule has 0 radical (unpaired) electrons. The monoisotopic (exact) mass is 262 g/mol. The van der Waals surface area contributed by atoms with E-state index >= 15 is 0 Å². The van der Waals surface area contributed by atoms with E-state index in [4.69, 9.17) is 5.73 Å². The van der Waals surface area contributed by atoms with Crippen molar-refractivity contribution in [2.24, 2.45) is 5.73 Å². The molecule has 0 saturated carbocycles. The molecule has 0 aliphatic heterocycles. The molecule has 0 aliphatic carbocycles. The lowest BCUT2D eigenvalue weighted by Crippen LogP contribution is -2.20. The lowest BCUT2D eigenvalue weighted by atomic mass is 10.2. The number of carbonyl (C=O) groups is 1. The number of primary amides is 1. The van der Waals surface area contributed by atoms with Gasteiger partial charge >= 0.3 is 6.03 Å². The van der Waals surface area contributed by atoms with E-state index in [0.29, 0.717) is 0 Å². The van der Waals surface area contributed by atoms with Gasteiger partial charge in [-0.25, -0.2) is 4.79 Å². The first-order chi connectivity index (χ1) is 9.75. The summed E-state index contributed by atoms with van der Waals surface area (Å²) in [5, 5.41) is 0.999. The zero-order valence-electron chi connectivity index (χ0n) is 10.9. The summed E-state index contributed by atoms with van der Waals surface area (Å²) in [6.45, 7) is 0. The van der Waals surface area contributed by atoms with Crippen molar-refractivity contribution in [3.63, 3.8) is 0 Å². The minimum Gasteiger partial charge on any atom is -0.351 e. The van der Waals surface area contributed by atoms with Gasteiger partial charge in [0.2, 0.25) is 0 Å². The number of amides is 1. The summed E-state index contributed by atoms with van der Waals surface area (Å²) in [6, 6.07) is 19.1. The molecule has 0 unspecified atom stereocenters. The van der Waals surface area contributed by atoms with E-state index in [2.05, 4.69) is 0 Å².